The van der Waals surface area contributed by atoms with E-state index in [1.807, 2.05) is 0 Å². The van der Waals surface area contributed by atoms with Crippen LogP contribution in [-0.2, 0) is 4.74 Å². The Bertz CT molecular complexity index is 466. The van der Waals surface area contributed by atoms with Gasteiger partial charge < -0.3 is 4.74 Å². The van der Waals surface area contributed by atoms with Crippen molar-refractivity contribution in [3.8, 4) is 6.07 Å². The average molecular weight is 229 g/mol. The van der Waals surface area contributed by atoms with Gasteiger partial charge in [0.05, 0.1) is 18.2 Å². The van der Waals surface area contributed by atoms with E-state index >= 15 is 0 Å². The fourth-order valence-corrected chi connectivity index (χ4v) is 1.15. The number of hydrogen-bond acceptors (Lipinski definition) is 3. The number of esters is 1. The molecule has 0 aliphatic carbocycles. The molecule has 0 spiro atoms. The first-order valence-electron chi connectivity index (χ1n) is 4.11. The molecule has 1 rings (SSSR count). The molecule has 0 unspecified atom stereocenters. The Morgan fingerprint density at radius 3 is 2.56 bits per heavy atom. The van der Waals surface area contributed by atoms with Crippen molar-refractivity contribution in [2.24, 2.45) is 0 Å². The van der Waals surface area contributed by atoms with Crippen molar-refractivity contribution in [1.29, 1.82) is 5.26 Å². The van der Waals surface area contributed by atoms with E-state index in [0.29, 0.717) is 6.07 Å². The van der Waals surface area contributed by atoms with Gasteiger partial charge in [0.1, 0.15) is 11.9 Å². The second-order valence-electron chi connectivity index (χ2n) is 2.83. The molecule has 0 N–H and O–H groups in total. The standard InChI is InChI=1S/C10H6F3NO2/c1-16-10(15)5-2-6(9(12)13)7(4-14)8(11)3-5/h2-3,9H,1H3. The van der Waals surface area contributed by atoms with Crippen LogP contribution in [-0.4, -0.2) is 13.1 Å². The van der Waals surface area contributed by atoms with Crippen LogP contribution in [0.5, 0.6) is 0 Å². The summed E-state index contributed by atoms with van der Waals surface area (Å²) in [5.74, 6) is -2.11. The van der Waals surface area contributed by atoms with Crippen molar-refractivity contribution in [3.05, 3.63) is 34.6 Å². The van der Waals surface area contributed by atoms with Gasteiger partial charge in [0.15, 0.2) is 0 Å². The van der Waals surface area contributed by atoms with Gasteiger partial charge in [-0.3, -0.25) is 0 Å². The van der Waals surface area contributed by atoms with Crippen LogP contribution in [0.15, 0.2) is 12.1 Å². The lowest BCUT2D eigenvalue weighted by molar-refractivity contribution is 0.0599. The lowest BCUT2D eigenvalue weighted by atomic mass is 10.0. The van der Waals surface area contributed by atoms with E-state index in [2.05, 4.69) is 4.74 Å². The van der Waals surface area contributed by atoms with E-state index in [0.717, 1.165) is 13.2 Å². The van der Waals surface area contributed by atoms with Crippen molar-refractivity contribution in [2.75, 3.05) is 7.11 Å². The van der Waals surface area contributed by atoms with Gasteiger partial charge in [0, 0.05) is 5.56 Å². The number of halogens is 3. The third-order valence-electron chi connectivity index (χ3n) is 1.89. The first-order chi connectivity index (χ1) is 7.51. The second-order valence-corrected chi connectivity index (χ2v) is 2.83. The van der Waals surface area contributed by atoms with Gasteiger partial charge in [-0.05, 0) is 12.1 Å². The minimum atomic E-state index is -3.03. The Labute approximate surface area is 89.1 Å². The van der Waals surface area contributed by atoms with Gasteiger partial charge in [0.25, 0.3) is 6.43 Å². The van der Waals surface area contributed by atoms with Crippen LogP contribution < -0.4 is 0 Å². The lowest BCUT2D eigenvalue weighted by Crippen LogP contribution is -2.05. The highest BCUT2D eigenvalue weighted by Crippen LogP contribution is 2.26. The summed E-state index contributed by atoms with van der Waals surface area (Å²) in [5.41, 5.74) is -1.93. The van der Waals surface area contributed by atoms with Crippen LogP contribution in [0.1, 0.15) is 27.9 Å². The van der Waals surface area contributed by atoms with E-state index < -0.39 is 29.3 Å². The number of carbonyl (C=O) groups is 1. The molecule has 0 aliphatic heterocycles. The quantitative estimate of drug-likeness (QED) is 0.731. The molecule has 0 aromatic heterocycles. The normalized spacial score (nSPS) is 10.0. The largest absolute Gasteiger partial charge is 0.465 e. The Morgan fingerprint density at radius 1 is 1.50 bits per heavy atom. The fraction of sp³-hybridized carbons (Fsp3) is 0.200. The molecule has 0 amide bonds. The summed E-state index contributed by atoms with van der Waals surface area (Å²) in [6.45, 7) is 0. The molecule has 0 fully saturated rings. The van der Waals surface area contributed by atoms with Gasteiger partial charge in [0.2, 0.25) is 0 Å². The Hall–Kier alpha value is -2.03. The summed E-state index contributed by atoms with van der Waals surface area (Å²) in [4.78, 5) is 11.0. The molecule has 0 atom stereocenters. The molecular weight excluding hydrogens is 223 g/mol. The third kappa shape index (κ3) is 2.14. The summed E-state index contributed by atoms with van der Waals surface area (Å²) in [6, 6.07) is 2.76. The summed E-state index contributed by atoms with van der Waals surface area (Å²) in [6.07, 6.45) is -3.03. The smallest absolute Gasteiger partial charge is 0.337 e. The summed E-state index contributed by atoms with van der Waals surface area (Å²) < 4.78 is 42.4. The number of alkyl halides is 2. The highest BCUT2D eigenvalue weighted by atomic mass is 19.3. The zero-order chi connectivity index (χ0) is 12.3. The van der Waals surface area contributed by atoms with Crippen LogP contribution in [0.2, 0.25) is 0 Å². The van der Waals surface area contributed by atoms with E-state index in [-0.39, 0.29) is 5.56 Å². The zero-order valence-electron chi connectivity index (χ0n) is 8.13. The van der Waals surface area contributed by atoms with Crippen molar-refractivity contribution in [1.82, 2.24) is 0 Å². The number of ether oxygens (including phenoxy) is 1. The van der Waals surface area contributed by atoms with E-state index in [4.69, 9.17) is 5.26 Å². The molecule has 1 aromatic rings. The van der Waals surface area contributed by atoms with Crippen molar-refractivity contribution in [2.45, 2.75) is 6.43 Å². The van der Waals surface area contributed by atoms with Crippen LogP contribution in [0.3, 0.4) is 0 Å². The molecule has 0 heterocycles. The Morgan fingerprint density at radius 2 is 2.12 bits per heavy atom. The molecule has 6 heteroatoms. The zero-order valence-corrected chi connectivity index (χ0v) is 8.13. The lowest BCUT2D eigenvalue weighted by Gasteiger charge is -2.06. The summed E-state index contributed by atoms with van der Waals surface area (Å²) in [5, 5.41) is 8.50. The van der Waals surface area contributed by atoms with Crippen LogP contribution in [0.25, 0.3) is 0 Å². The fourth-order valence-electron chi connectivity index (χ4n) is 1.15. The van der Waals surface area contributed by atoms with Crippen molar-refractivity contribution in [3.63, 3.8) is 0 Å². The number of benzene rings is 1. The minimum Gasteiger partial charge on any atom is -0.465 e. The first-order valence-corrected chi connectivity index (χ1v) is 4.11. The highest BCUT2D eigenvalue weighted by molar-refractivity contribution is 5.89. The minimum absolute atomic E-state index is 0.353. The Kier molecular flexibility index (Phi) is 3.51. The number of nitriles is 1. The number of hydrogen-bond donors (Lipinski definition) is 0. The third-order valence-corrected chi connectivity index (χ3v) is 1.89. The highest BCUT2D eigenvalue weighted by Gasteiger charge is 2.20. The number of methoxy groups -OCH3 is 1. The molecule has 0 bridgehead atoms. The second kappa shape index (κ2) is 4.66. The molecule has 3 nitrogen and oxygen atoms in total. The van der Waals surface area contributed by atoms with Gasteiger partial charge in [-0.15, -0.1) is 0 Å². The molecule has 0 radical (unpaired) electrons. The molecule has 16 heavy (non-hydrogen) atoms. The molecule has 0 saturated carbocycles. The van der Waals surface area contributed by atoms with Gasteiger partial charge in [-0.25, -0.2) is 18.0 Å². The SMILES string of the molecule is COC(=O)c1cc(F)c(C#N)c(C(F)F)c1. The number of rotatable bonds is 2. The van der Waals surface area contributed by atoms with Crippen LogP contribution in [0, 0.1) is 17.1 Å². The van der Waals surface area contributed by atoms with Crippen LogP contribution in [0.4, 0.5) is 13.2 Å². The van der Waals surface area contributed by atoms with Gasteiger partial charge in [-0.2, -0.15) is 5.26 Å². The number of nitrogens with zero attached hydrogens (tertiary/aromatic N) is 1. The number of carbonyl (C=O) groups excluding carboxylic acids is 1. The van der Waals surface area contributed by atoms with E-state index in [1.165, 1.54) is 6.07 Å². The van der Waals surface area contributed by atoms with Crippen molar-refractivity contribution < 1.29 is 22.7 Å². The summed E-state index contributed by atoms with van der Waals surface area (Å²) in [7, 11) is 1.04. The Balaban J connectivity index is 3.41. The van der Waals surface area contributed by atoms with E-state index in [1.54, 1.807) is 0 Å². The van der Waals surface area contributed by atoms with Gasteiger partial charge >= 0.3 is 5.97 Å². The predicted octanol–water partition coefficient (Wildman–Crippen LogP) is 2.42. The van der Waals surface area contributed by atoms with Crippen LogP contribution >= 0.6 is 0 Å². The average Bonchev–Trinajstić information content (AvgIpc) is 2.26. The molecular formula is C10H6F3NO2. The predicted molar refractivity (Wildman–Crippen MR) is 47.4 cm³/mol. The molecule has 0 aliphatic rings. The topological polar surface area (TPSA) is 50.1 Å². The maximum atomic E-state index is 13.2. The van der Waals surface area contributed by atoms with E-state index in [9.17, 15) is 18.0 Å². The molecule has 1 aromatic carbocycles. The monoisotopic (exact) mass is 229 g/mol. The summed E-state index contributed by atoms with van der Waals surface area (Å²) >= 11 is 0. The first kappa shape index (κ1) is 12.0. The molecule has 0 saturated heterocycles. The maximum absolute atomic E-state index is 13.2. The van der Waals surface area contributed by atoms with Gasteiger partial charge in [-0.1, -0.05) is 0 Å². The maximum Gasteiger partial charge on any atom is 0.337 e. The van der Waals surface area contributed by atoms with Crippen molar-refractivity contribution >= 4 is 5.97 Å². The molecule has 84 valence electrons.